The monoisotopic (exact) mass is 488 g/mol. The third-order valence-corrected chi connectivity index (χ3v) is 7.17. The van der Waals surface area contributed by atoms with Gasteiger partial charge < -0.3 is 29.0 Å². The van der Waals surface area contributed by atoms with Gasteiger partial charge in [-0.25, -0.2) is 4.79 Å². The molecule has 33 heavy (non-hydrogen) atoms. The third kappa shape index (κ3) is 3.83. The van der Waals surface area contributed by atoms with E-state index < -0.39 is 39.1 Å². The molecule has 0 atom stereocenters. The fourth-order valence-electron chi connectivity index (χ4n) is 4.44. The van der Waals surface area contributed by atoms with Gasteiger partial charge in [0, 0.05) is 16.7 Å². The summed E-state index contributed by atoms with van der Waals surface area (Å²) in [6.45, 7) is 0. The molecular weight excluding hydrogens is 470 g/mol. The van der Waals surface area contributed by atoms with Gasteiger partial charge >= 0.3 is 21.2 Å². The van der Waals surface area contributed by atoms with E-state index in [-0.39, 0.29) is 11.5 Å². The molecular formula is C22H18O9P2. The highest BCUT2D eigenvalue weighted by Gasteiger charge is 2.53. The Hall–Kier alpha value is -2.77. The number of esters is 1. The van der Waals surface area contributed by atoms with Crippen LogP contribution in [-0.2, 0) is 31.8 Å². The van der Waals surface area contributed by atoms with Gasteiger partial charge in [-0.3, -0.25) is 9.13 Å². The zero-order chi connectivity index (χ0) is 23.6. The molecule has 2 heterocycles. The summed E-state index contributed by atoms with van der Waals surface area (Å²) in [7, 11) is -8.69. The van der Waals surface area contributed by atoms with E-state index in [1.807, 2.05) is 0 Å². The Morgan fingerprint density at radius 2 is 1.24 bits per heavy atom. The number of hydrogen-bond acceptors (Lipinski definition) is 5. The van der Waals surface area contributed by atoms with Gasteiger partial charge in [-0.05, 0) is 29.3 Å². The summed E-state index contributed by atoms with van der Waals surface area (Å²) in [4.78, 5) is 50.3. The lowest BCUT2D eigenvalue weighted by Gasteiger charge is -2.37. The predicted molar refractivity (Wildman–Crippen MR) is 116 cm³/mol. The van der Waals surface area contributed by atoms with Crippen molar-refractivity contribution in [2.75, 3.05) is 0 Å². The van der Waals surface area contributed by atoms with E-state index in [2.05, 4.69) is 0 Å². The summed E-state index contributed by atoms with van der Waals surface area (Å²) in [6.07, 6.45) is -1.00. The van der Waals surface area contributed by atoms with Crippen molar-refractivity contribution >= 4 is 21.2 Å². The maximum atomic E-state index is 12.8. The van der Waals surface area contributed by atoms with Crippen molar-refractivity contribution in [2.45, 2.75) is 17.9 Å². The smallest absolute Gasteiger partial charge is 0.340 e. The molecule has 0 aliphatic carbocycles. The topological polar surface area (TPSA) is 151 Å². The van der Waals surface area contributed by atoms with Gasteiger partial charge in [0.1, 0.15) is 11.5 Å². The lowest BCUT2D eigenvalue weighted by molar-refractivity contribution is 0.0224. The minimum atomic E-state index is -4.35. The quantitative estimate of drug-likeness (QED) is 0.319. The van der Waals surface area contributed by atoms with Crippen molar-refractivity contribution in [1.82, 2.24) is 0 Å². The summed E-state index contributed by atoms with van der Waals surface area (Å²) in [6, 6.07) is 16.2. The molecule has 4 N–H and O–H groups in total. The molecule has 0 radical (unpaired) electrons. The Bertz CT molecular complexity index is 1330. The van der Waals surface area contributed by atoms with Crippen LogP contribution in [0.2, 0.25) is 0 Å². The lowest BCUT2D eigenvalue weighted by Crippen LogP contribution is -2.33. The molecule has 0 aromatic heterocycles. The van der Waals surface area contributed by atoms with E-state index in [4.69, 9.17) is 9.47 Å². The second kappa shape index (κ2) is 7.37. The van der Waals surface area contributed by atoms with Crippen LogP contribution in [-0.4, -0.2) is 25.5 Å². The van der Waals surface area contributed by atoms with Crippen molar-refractivity contribution < 1.29 is 43.0 Å². The van der Waals surface area contributed by atoms with Gasteiger partial charge in [0.15, 0.2) is 5.60 Å². The van der Waals surface area contributed by atoms with E-state index >= 15 is 0 Å². The summed E-state index contributed by atoms with van der Waals surface area (Å²) in [5.41, 5.74) is 1.17. The maximum Gasteiger partial charge on any atom is 0.340 e. The summed E-state index contributed by atoms with van der Waals surface area (Å²) < 4.78 is 35.0. The molecule has 0 saturated heterocycles. The normalized spacial score (nSPS) is 15.9. The number of carbonyl (C=O) groups is 1. The zero-order valence-electron chi connectivity index (χ0n) is 16.9. The zero-order valence-corrected chi connectivity index (χ0v) is 18.7. The van der Waals surface area contributed by atoms with Crippen LogP contribution in [0.25, 0.3) is 0 Å². The number of fused-ring (bicyclic) bond motifs is 6. The number of ether oxygens (including phenoxy) is 2. The number of carbonyl (C=O) groups excluding carboxylic acids is 1. The van der Waals surface area contributed by atoms with Crippen LogP contribution in [0.4, 0.5) is 0 Å². The van der Waals surface area contributed by atoms with Gasteiger partial charge in [0.2, 0.25) is 0 Å². The van der Waals surface area contributed by atoms with E-state index in [9.17, 15) is 33.5 Å². The van der Waals surface area contributed by atoms with Crippen molar-refractivity contribution in [3.63, 3.8) is 0 Å². The van der Waals surface area contributed by atoms with Crippen LogP contribution in [0.15, 0.2) is 60.7 Å². The van der Waals surface area contributed by atoms with Gasteiger partial charge in [-0.2, -0.15) is 0 Å². The second-order valence-corrected chi connectivity index (χ2v) is 11.3. The minimum absolute atomic E-state index is 0.228. The average Bonchev–Trinajstić information content (AvgIpc) is 2.99. The molecule has 0 unspecified atom stereocenters. The van der Waals surface area contributed by atoms with Crippen LogP contribution in [0, 0.1) is 0 Å². The highest BCUT2D eigenvalue weighted by Crippen LogP contribution is 2.57. The standard InChI is InChI=1S/C22H18O9P2/c23-21-15-3-1-2-4-16(15)22(31-21)17-7-5-13(11-32(24,25)26)9-19(17)30-20-10-14(6-8-18(20)22)12-33(27,28)29/h1-10H,11-12H2,(H2,24,25,26)(H2,27,28,29). The highest BCUT2D eigenvalue weighted by molar-refractivity contribution is 7.51. The molecule has 170 valence electrons. The molecule has 3 aromatic carbocycles. The summed E-state index contributed by atoms with van der Waals surface area (Å²) in [5.74, 6) is -0.0828. The first kappa shape index (κ1) is 22.0. The molecule has 1 spiro atoms. The number of rotatable bonds is 4. The van der Waals surface area contributed by atoms with Gasteiger partial charge in [0.05, 0.1) is 17.9 Å². The highest BCUT2D eigenvalue weighted by atomic mass is 31.2. The summed E-state index contributed by atoms with van der Waals surface area (Å²) >= 11 is 0. The van der Waals surface area contributed by atoms with E-state index in [0.29, 0.717) is 33.4 Å². The second-order valence-electron chi connectivity index (χ2n) is 8.02. The van der Waals surface area contributed by atoms with Gasteiger partial charge in [-0.1, -0.05) is 42.5 Å². The summed E-state index contributed by atoms with van der Waals surface area (Å²) in [5, 5.41) is 0. The lowest BCUT2D eigenvalue weighted by atomic mass is 9.77. The first-order chi connectivity index (χ1) is 15.5. The Labute approximate surface area is 187 Å². The van der Waals surface area contributed by atoms with Crippen LogP contribution in [0.1, 0.15) is 38.2 Å². The number of hydrogen-bond donors (Lipinski definition) is 4. The van der Waals surface area contributed by atoms with Crippen molar-refractivity contribution in [1.29, 1.82) is 0 Å². The van der Waals surface area contributed by atoms with Crippen molar-refractivity contribution in [3.8, 4) is 11.5 Å². The number of benzene rings is 3. The molecule has 0 bridgehead atoms. The third-order valence-electron chi connectivity index (χ3n) is 5.62. The molecule has 5 rings (SSSR count). The van der Waals surface area contributed by atoms with Crippen molar-refractivity contribution in [2.24, 2.45) is 0 Å². The van der Waals surface area contributed by atoms with Gasteiger partial charge in [0.25, 0.3) is 0 Å². The fraction of sp³-hybridized carbons (Fsp3) is 0.136. The molecule has 0 saturated carbocycles. The molecule has 9 nitrogen and oxygen atoms in total. The first-order valence-corrected chi connectivity index (χ1v) is 13.4. The first-order valence-electron chi connectivity index (χ1n) is 9.83. The SMILES string of the molecule is O=C1OC2(c3ccc(CP(=O)(O)O)cc3Oc3cc(CP(=O)(O)O)ccc32)c2ccccc21. The van der Waals surface area contributed by atoms with Crippen LogP contribution >= 0.6 is 15.2 Å². The Morgan fingerprint density at radius 1 is 0.727 bits per heavy atom. The fourth-order valence-corrected chi connectivity index (χ4v) is 5.78. The van der Waals surface area contributed by atoms with Crippen LogP contribution in [0.3, 0.4) is 0 Å². The molecule has 2 aliphatic heterocycles. The molecule has 11 heteroatoms. The Morgan fingerprint density at radius 3 is 1.76 bits per heavy atom. The Kier molecular flexibility index (Phi) is 4.92. The molecule has 0 fully saturated rings. The predicted octanol–water partition coefficient (Wildman–Crippen LogP) is 3.61. The maximum absolute atomic E-state index is 12.8. The molecule has 0 amide bonds. The average molecular weight is 488 g/mol. The van der Waals surface area contributed by atoms with E-state index in [1.54, 1.807) is 48.5 Å². The largest absolute Gasteiger partial charge is 0.456 e. The minimum Gasteiger partial charge on any atom is -0.456 e. The van der Waals surface area contributed by atoms with Gasteiger partial charge in [-0.15, -0.1) is 0 Å². The Balaban J connectivity index is 1.74. The molecule has 2 aliphatic rings. The molecule has 3 aromatic rings. The van der Waals surface area contributed by atoms with Crippen molar-refractivity contribution in [3.05, 3.63) is 94.0 Å². The van der Waals surface area contributed by atoms with Crippen LogP contribution in [0.5, 0.6) is 11.5 Å². The van der Waals surface area contributed by atoms with E-state index in [0.717, 1.165) is 0 Å². The van der Waals surface area contributed by atoms with E-state index in [1.165, 1.54) is 12.1 Å². The van der Waals surface area contributed by atoms with Crippen LogP contribution < -0.4 is 4.74 Å².